The molecule has 25 heavy (non-hydrogen) atoms. The van der Waals surface area contributed by atoms with Crippen LogP contribution in [0.15, 0.2) is 29.3 Å². The average Bonchev–Trinajstić information content (AvgIpc) is 2.75. The summed E-state index contributed by atoms with van der Waals surface area (Å²) in [7, 11) is 0. The molecule has 2 rings (SSSR count). The highest BCUT2D eigenvalue weighted by Crippen LogP contribution is 2.32. The van der Waals surface area contributed by atoms with E-state index in [1.54, 1.807) is 24.3 Å². The zero-order valence-corrected chi connectivity index (χ0v) is 15.2. The first-order chi connectivity index (χ1) is 11.8. The van der Waals surface area contributed by atoms with Crippen molar-refractivity contribution in [1.29, 1.82) is 0 Å². The summed E-state index contributed by atoms with van der Waals surface area (Å²) in [6, 6.07) is 6.62. The second-order valence-corrected chi connectivity index (χ2v) is 6.36. The second-order valence-electron chi connectivity index (χ2n) is 5.98. The number of amides is 3. The molecule has 7 heteroatoms. The average molecular weight is 365 g/mol. The number of benzene rings is 1. The van der Waals surface area contributed by atoms with Gasteiger partial charge in [-0.15, -0.1) is 0 Å². The van der Waals surface area contributed by atoms with Crippen LogP contribution in [0.25, 0.3) is 5.57 Å². The van der Waals surface area contributed by atoms with Gasteiger partial charge in [-0.05, 0) is 38.0 Å². The molecule has 0 saturated carbocycles. The van der Waals surface area contributed by atoms with Gasteiger partial charge in [-0.25, -0.2) is 0 Å². The molecule has 0 aromatic heterocycles. The number of carbonyl (C=O) groups excluding carboxylic acids is 3. The monoisotopic (exact) mass is 364 g/mol. The van der Waals surface area contributed by atoms with Gasteiger partial charge in [-0.2, -0.15) is 0 Å². The molecule has 1 aromatic rings. The second kappa shape index (κ2) is 8.27. The number of nitrogens with zero attached hydrogens (tertiary/aromatic N) is 1. The van der Waals surface area contributed by atoms with E-state index in [-0.39, 0.29) is 29.2 Å². The third-order valence-electron chi connectivity index (χ3n) is 3.58. The van der Waals surface area contributed by atoms with Gasteiger partial charge >= 0.3 is 0 Å². The van der Waals surface area contributed by atoms with Gasteiger partial charge in [0.1, 0.15) is 5.03 Å². The number of rotatable bonds is 7. The van der Waals surface area contributed by atoms with Crippen LogP contribution >= 0.6 is 11.6 Å². The van der Waals surface area contributed by atoms with E-state index in [0.29, 0.717) is 24.3 Å². The Morgan fingerprint density at radius 1 is 1.20 bits per heavy atom. The minimum Gasteiger partial charge on any atom is -0.379 e. The molecule has 1 aromatic carbocycles. The molecule has 1 aliphatic heterocycles. The third kappa shape index (κ3) is 4.67. The smallest absolute Gasteiger partial charge is 0.273 e. The lowest BCUT2D eigenvalue weighted by Gasteiger charge is -2.15. The Kier molecular flexibility index (Phi) is 6.33. The van der Waals surface area contributed by atoms with E-state index in [1.807, 2.05) is 13.8 Å². The summed E-state index contributed by atoms with van der Waals surface area (Å²) in [5.41, 5.74) is 1.33. The molecule has 1 aliphatic rings. The Morgan fingerprint density at radius 3 is 2.40 bits per heavy atom. The van der Waals surface area contributed by atoms with Gasteiger partial charge in [0.15, 0.2) is 0 Å². The fourth-order valence-corrected chi connectivity index (χ4v) is 2.76. The predicted molar refractivity (Wildman–Crippen MR) is 95.9 cm³/mol. The van der Waals surface area contributed by atoms with Crippen LogP contribution in [-0.2, 0) is 19.1 Å². The number of anilines is 1. The minimum atomic E-state index is -0.489. The lowest BCUT2D eigenvalue weighted by atomic mass is 10.1. The molecular formula is C18H21ClN2O4. The molecule has 0 bridgehead atoms. The van der Waals surface area contributed by atoms with Gasteiger partial charge in [0.2, 0.25) is 5.91 Å². The summed E-state index contributed by atoms with van der Waals surface area (Å²) in [5.74, 6) is -1.09. The molecule has 0 radical (unpaired) electrons. The van der Waals surface area contributed by atoms with Gasteiger partial charge in [0, 0.05) is 25.8 Å². The van der Waals surface area contributed by atoms with Crippen LogP contribution in [0.4, 0.5) is 5.69 Å². The normalized spacial score (nSPS) is 14.7. The van der Waals surface area contributed by atoms with Gasteiger partial charge < -0.3 is 10.1 Å². The van der Waals surface area contributed by atoms with Crippen molar-refractivity contribution in [3.05, 3.63) is 34.9 Å². The van der Waals surface area contributed by atoms with Crippen molar-refractivity contribution in [3.63, 3.8) is 0 Å². The quantitative estimate of drug-likeness (QED) is 0.596. The van der Waals surface area contributed by atoms with Crippen LogP contribution < -0.4 is 5.32 Å². The molecule has 0 atom stereocenters. The number of hydrogen-bond donors (Lipinski definition) is 1. The third-order valence-corrected chi connectivity index (χ3v) is 3.93. The first-order valence-electron chi connectivity index (χ1n) is 8.07. The van der Waals surface area contributed by atoms with Crippen LogP contribution in [0.5, 0.6) is 0 Å². The van der Waals surface area contributed by atoms with E-state index in [9.17, 15) is 14.4 Å². The Bertz CT molecular complexity index is 710. The van der Waals surface area contributed by atoms with Crippen molar-refractivity contribution in [2.45, 2.75) is 33.3 Å². The van der Waals surface area contributed by atoms with E-state index in [4.69, 9.17) is 16.3 Å². The highest BCUT2D eigenvalue weighted by atomic mass is 35.5. The molecule has 0 unspecified atom stereocenters. The molecule has 0 saturated heterocycles. The van der Waals surface area contributed by atoms with E-state index < -0.39 is 11.8 Å². The number of nitrogens with one attached hydrogen (secondary N) is 1. The molecular weight excluding hydrogens is 344 g/mol. The summed E-state index contributed by atoms with van der Waals surface area (Å²) < 4.78 is 5.42. The maximum atomic E-state index is 12.6. The van der Waals surface area contributed by atoms with Crippen molar-refractivity contribution in [3.8, 4) is 0 Å². The van der Waals surface area contributed by atoms with Gasteiger partial charge in [0.25, 0.3) is 11.8 Å². The molecule has 134 valence electrons. The van der Waals surface area contributed by atoms with Crippen molar-refractivity contribution in [2.24, 2.45) is 0 Å². The molecule has 0 spiro atoms. The van der Waals surface area contributed by atoms with Gasteiger partial charge in [0.05, 0.1) is 11.7 Å². The number of ether oxygens (including phenoxy) is 1. The van der Waals surface area contributed by atoms with E-state index in [1.165, 1.54) is 6.92 Å². The standard InChI is InChI=1S/C18H21ClN2O4/c1-11(2)25-10-4-9-21-17(23)15(16(19)18(21)24)13-5-7-14(8-6-13)20-12(3)22/h5-8,11H,4,9-10H2,1-3H3,(H,20,22). The highest BCUT2D eigenvalue weighted by molar-refractivity contribution is 6.55. The summed E-state index contributed by atoms with van der Waals surface area (Å²) in [6.45, 7) is 5.98. The SMILES string of the molecule is CC(=O)Nc1ccc(C2=C(Cl)C(=O)N(CCCOC(C)C)C2=O)cc1. The number of carbonyl (C=O) groups is 3. The van der Waals surface area contributed by atoms with Crippen molar-refractivity contribution >= 4 is 40.6 Å². The maximum absolute atomic E-state index is 12.6. The number of imide groups is 1. The van der Waals surface area contributed by atoms with Crippen LogP contribution in [0.2, 0.25) is 0 Å². The minimum absolute atomic E-state index is 0.0814. The van der Waals surface area contributed by atoms with E-state index in [2.05, 4.69) is 5.32 Å². The summed E-state index contributed by atoms with van der Waals surface area (Å²) in [6.07, 6.45) is 0.651. The molecule has 3 amide bonds. The topological polar surface area (TPSA) is 75.7 Å². The van der Waals surface area contributed by atoms with Crippen LogP contribution in [0, 0.1) is 0 Å². The van der Waals surface area contributed by atoms with Crippen LogP contribution in [0.3, 0.4) is 0 Å². The Morgan fingerprint density at radius 2 is 1.84 bits per heavy atom. The van der Waals surface area contributed by atoms with Crippen molar-refractivity contribution < 1.29 is 19.1 Å². The fraction of sp³-hybridized carbons (Fsp3) is 0.389. The van der Waals surface area contributed by atoms with Gasteiger partial charge in [-0.3, -0.25) is 19.3 Å². The largest absolute Gasteiger partial charge is 0.379 e. The maximum Gasteiger partial charge on any atom is 0.273 e. The van der Waals surface area contributed by atoms with Crippen molar-refractivity contribution in [1.82, 2.24) is 4.90 Å². The molecule has 0 aliphatic carbocycles. The summed E-state index contributed by atoms with van der Waals surface area (Å²) in [5, 5.41) is 2.56. The zero-order chi connectivity index (χ0) is 18.6. The lowest BCUT2D eigenvalue weighted by Crippen LogP contribution is -2.33. The lowest BCUT2D eigenvalue weighted by molar-refractivity contribution is -0.136. The molecule has 1 N–H and O–H groups in total. The van der Waals surface area contributed by atoms with Crippen LogP contribution in [0.1, 0.15) is 32.8 Å². The van der Waals surface area contributed by atoms with Gasteiger partial charge in [-0.1, -0.05) is 23.7 Å². The van der Waals surface area contributed by atoms with Crippen LogP contribution in [-0.4, -0.2) is 41.9 Å². The number of hydrogen-bond acceptors (Lipinski definition) is 4. The molecule has 6 nitrogen and oxygen atoms in total. The number of halogens is 1. The molecule has 1 heterocycles. The van der Waals surface area contributed by atoms with E-state index >= 15 is 0 Å². The zero-order valence-electron chi connectivity index (χ0n) is 14.5. The summed E-state index contributed by atoms with van der Waals surface area (Å²) in [4.78, 5) is 37.0. The Hall–Kier alpha value is -2.18. The first kappa shape index (κ1) is 19.1. The predicted octanol–water partition coefficient (Wildman–Crippen LogP) is 2.78. The first-order valence-corrected chi connectivity index (χ1v) is 8.44. The Labute approximate surface area is 151 Å². The van der Waals surface area contributed by atoms with E-state index in [0.717, 1.165) is 4.90 Å². The summed E-state index contributed by atoms with van der Waals surface area (Å²) >= 11 is 6.11. The molecule has 0 fully saturated rings. The highest BCUT2D eigenvalue weighted by Gasteiger charge is 2.37. The fourth-order valence-electron chi connectivity index (χ4n) is 2.46. The Balaban J connectivity index is 2.09. The van der Waals surface area contributed by atoms with Crippen molar-refractivity contribution in [2.75, 3.05) is 18.5 Å².